The van der Waals surface area contributed by atoms with E-state index in [0.29, 0.717) is 42.7 Å². The fourth-order valence-corrected chi connectivity index (χ4v) is 4.62. The number of ether oxygens (including phenoxy) is 1. The van der Waals surface area contributed by atoms with Crippen molar-refractivity contribution in [2.45, 2.75) is 57.7 Å². The summed E-state index contributed by atoms with van der Waals surface area (Å²) >= 11 is 0. The van der Waals surface area contributed by atoms with Gasteiger partial charge in [0.15, 0.2) is 5.78 Å². The van der Waals surface area contributed by atoms with Gasteiger partial charge in [0.2, 0.25) is 0 Å². The van der Waals surface area contributed by atoms with Crippen LogP contribution in [0.25, 0.3) is 0 Å². The van der Waals surface area contributed by atoms with Crippen molar-refractivity contribution in [3.63, 3.8) is 0 Å². The monoisotopic (exact) mass is 557 g/mol. The molecule has 2 aliphatic heterocycles. The molecule has 1 aromatic carbocycles. The SMILES string of the molecule is CC(C)(C)c1cc(C(=O)CN2Cc3ccc(C4CC4)nc3C2=N)cc2c1OCCN2CC#N.O=C(O)C(F)(F)F. The van der Waals surface area contributed by atoms with Crippen LogP contribution in [0.5, 0.6) is 5.75 Å². The molecule has 212 valence electrons. The summed E-state index contributed by atoms with van der Waals surface area (Å²) in [4.78, 5) is 30.8. The normalized spacial score (nSPS) is 16.3. The number of amidine groups is 1. The van der Waals surface area contributed by atoms with Crippen molar-refractivity contribution >= 4 is 23.3 Å². The van der Waals surface area contributed by atoms with Gasteiger partial charge in [-0.05, 0) is 36.5 Å². The highest BCUT2D eigenvalue weighted by molar-refractivity contribution is 6.05. The molecule has 1 aliphatic carbocycles. The Morgan fingerprint density at radius 2 is 1.88 bits per heavy atom. The minimum atomic E-state index is -5.08. The third kappa shape index (κ3) is 6.19. The molecule has 1 fully saturated rings. The standard InChI is InChI=1S/C26H29N5O2.C2HF3O2/c1-26(2,3)19-12-18(13-21-24(19)33-11-10-30(21)9-8-27)22(32)15-31-14-17-6-7-20(16-4-5-16)29-23(17)25(31)28;3-2(4,5)1(6)7/h6-7,12-13,16,28H,4-5,9-11,14-15H2,1-3H3;(H,6,7). The molecule has 0 radical (unpaired) electrons. The minimum absolute atomic E-state index is 0.0502. The molecule has 0 amide bonds. The zero-order chi connectivity index (χ0) is 29.4. The lowest BCUT2D eigenvalue weighted by molar-refractivity contribution is -0.192. The van der Waals surface area contributed by atoms with Crippen molar-refractivity contribution in [1.29, 1.82) is 10.7 Å². The highest BCUT2D eigenvalue weighted by Crippen LogP contribution is 2.42. The molecule has 5 rings (SSSR count). The molecule has 0 spiro atoms. The Morgan fingerprint density at radius 3 is 2.45 bits per heavy atom. The largest absolute Gasteiger partial charge is 0.490 e. The van der Waals surface area contributed by atoms with E-state index in [1.165, 1.54) is 12.8 Å². The molecule has 0 atom stereocenters. The molecule has 2 aromatic rings. The number of anilines is 1. The molecule has 0 unspecified atom stereocenters. The van der Waals surface area contributed by atoms with Gasteiger partial charge < -0.3 is 19.6 Å². The van der Waals surface area contributed by atoms with Gasteiger partial charge >= 0.3 is 12.1 Å². The van der Waals surface area contributed by atoms with Crippen LogP contribution in [0, 0.1) is 16.7 Å². The van der Waals surface area contributed by atoms with E-state index in [4.69, 9.17) is 25.0 Å². The van der Waals surface area contributed by atoms with Gasteiger partial charge in [0.25, 0.3) is 0 Å². The van der Waals surface area contributed by atoms with Gasteiger partial charge in [-0.25, -0.2) is 9.78 Å². The number of pyridine rings is 1. The first-order chi connectivity index (χ1) is 18.7. The smallest absolute Gasteiger partial charge is 0.489 e. The van der Waals surface area contributed by atoms with E-state index in [-0.39, 0.29) is 24.3 Å². The van der Waals surface area contributed by atoms with Crippen LogP contribution in [0.4, 0.5) is 18.9 Å². The van der Waals surface area contributed by atoms with E-state index in [1.54, 1.807) is 4.90 Å². The molecule has 12 heteroatoms. The summed E-state index contributed by atoms with van der Waals surface area (Å²) in [5, 5.41) is 25.0. The number of benzene rings is 1. The number of nitrogens with zero attached hydrogens (tertiary/aromatic N) is 4. The van der Waals surface area contributed by atoms with Gasteiger partial charge in [-0.3, -0.25) is 10.2 Å². The first-order valence-electron chi connectivity index (χ1n) is 12.8. The van der Waals surface area contributed by atoms with Crippen LogP contribution in [0.15, 0.2) is 24.3 Å². The van der Waals surface area contributed by atoms with Crippen molar-refractivity contribution in [3.8, 4) is 11.8 Å². The Morgan fingerprint density at radius 1 is 1.20 bits per heavy atom. The molecule has 2 N–H and O–H groups in total. The number of hydrogen-bond acceptors (Lipinski definition) is 7. The van der Waals surface area contributed by atoms with E-state index in [2.05, 4.69) is 39.0 Å². The summed E-state index contributed by atoms with van der Waals surface area (Å²) in [7, 11) is 0. The molecule has 0 saturated heterocycles. The number of fused-ring (bicyclic) bond motifs is 2. The first kappa shape index (κ1) is 28.9. The topological polar surface area (TPSA) is 131 Å². The number of aromatic nitrogens is 1. The molecule has 3 heterocycles. The number of carboxylic acids is 1. The molecule has 9 nitrogen and oxygen atoms in total. The highest BCUT2D eigenvalue weighted by Gasteiger charge is 2.38. The average molecular weight is 558 g/mol. The Labute approximate surface area is 229 Å². The molecule has 1 aromatic heterocycles. The third-order valence-electron chi connectivity index (χ3n) is 6.88. The van der Waals surface area contributed by atoms with Gasteiger partial charge in [-0.2, -0.15) is 18.4 Å². The lowest BCUT2D eigenvalue weighted by atomic mass is 9.84. The maximum Gasteiger partial charge on any atom is 0.490 e. The van der Waals surface area contributed by atoms with E-state index in [1.807, 2.05) is 17.0 Å². The van der Waals surface area contributed by atoms with Crippen LogP contribution >= 0.6 is 0 Å². The van der Waals surface area contributed by atoms with Crippen LogP contribution in [-0.4, -0.2) is 65.0 Å². The lowest BCUT2D eigenvalue weighted by Crippen LogP contribution is -2.35. The van der Waals surface area contributed by atoms with E-state index in [0.717, 1.165) is 28.3 Å². The quantitative estimate of drug-likeness (QED) is 0.402. The summed E-state index contributed by atoms with van der Waals surface area (Å²) in [6, 6.07) is 10.1. The van der Waals surface area contributed by atoms with Crippen molar-refractivity contribution in [3.05, 3.63) is 52.3 Å². The predicted molar refractivity (Wildman–Crippen MR) is 140 cm³/mol. The van der Waals surface area contributed by atoms with Crippen molar-refractivity contribution in [1.82, 2.24) is 9.88 Å². The Kier molecular flexibility index (Phi) is 7.78. The second kappa shape index (κ2) is 10.8. The number of nitriles is 1. The number of carbonyl (C=O) groups excluding carboxylic acids is 1. The van der Waals surface area contributed by atoms with Gasteiger partial charge in [0, 0.05) is 34.8 Å². The summed E-state index contributed by atoms with van der Waals surface area (Å²) in [5.74, 6) is -1.19. The third-order valence-corrected chi connectivity index (χ3v) is 6.88. The van der Waals surface area contributed by atoms with Gasteiger partial charge in [-0.15, -0.1) is 0 Å². The van der Waals surface area contributed by atoms with Crippen molar-refractivity contribution in [2.24, 2.45) is 0 Å². The summed E-state index contributed by atoms with van der Waals surface area (Å²) in [5.41, 5.74) is 4.90. The number of rotatable bonds is 5. The number of carboxylic acid groups (broad SMARTS) is 1. The second-order valence-corrected chi connectivity index (χ2v) is 11.0. The fraction of sp³-hybridized carbons (Fsp3) is 0.464. The fourth-order valence-electron chi connectivity index (χ4n) is 4.62. The Hall–Kier alpha value is -4.14. The summed E-state index contributed by atoms with van der Waals surface area (Å²) in [6.07, 6.45) is -2.75. The number of aliphatic carboxylic acids is 1. The Bertz CT molecular complexity index is 1390. The molecular formula is C28H30F3N5O4. The van der Waals surface area contributed by atoms with Crippen LogP contribution in [-0.2, 0) is 16.8 Å². The highest BCUT2D eigenvalue weighted by atomic mass is 19.4. The zero-order valence-electron chi connectivity index (χ0n) is 22.4. The average Bonchev–Trinajstić information content (AvgIpc) is 3.68. The Balaban J connectivity index is 0.000000470. The maximum absolute atomic E-state index is 13.4. The number of Topliss-reactive ketones (excluding diaryl/α,β-unsaturated/α-hetero) is 1. The van der Waals surface area contributed by atoms with E-state index >= 15 is 0 Å². The predicted octanol–water partition coefficient (Wildman–Crippen LogP) is 4.64. The van der Waals surface area contributed by atoms with Gasteiger partial charge in [-0.1, -0.05) is 26.8 Å². The first-order valence-corrected chi connectivity index (χ1v) is 12.8. The minimum Gasteiger partial charge on any atom is -0.489 e. The molecule has 3 aliphatic rings. The van der Waals surface area contributed by atoms with Crippen LogP contribution < -0.4 is 9.64 Å². The maximum atomic E-state index is 13.4. The van der Waals surface area contributed by atoms with Crippen molar-refractivity contribution in [2.75, 3.05) is 31.1 Å². The van der Waals surface area contributed by atoms with Crippen LogP contribution in [0.1, 0.15) is 72.4 Å². The summed E-state index contributed by atoms with van der Waals surface area (Å²) in [6.45, 7) is 8.32. The lowest BCUT2D eigenvalue weighted by Gasteiger charge is -2.34. The summed E-state index contributed by atoms with van der Waals surface area (Å²) < 4.78 is 37.7. The van der Waals surface area contributed by atoms with Gasteiger partial charge in [0.1, 0.15) is 30.4 Å². The van der Waals surface area contributed by atoms with Gasteiger partial charge in [0.05, 0.1) is 24.8 Å². The number of ketones is 1. The second-order valence-electron chi connectivity index (χ2n) is 11.0. The van der Waals surface area contributed by atoms with Crippen LogP contribution in [0.2, 0.25) is 0 Å². The molecule has 40 heavy (non-hydrogen) atoms. The number of alkyl halides is 3. The van der Waals surface area contributed by atoms with E-state index < -0.39 is 12.1 Å². The zero-order valence-corrected chi connectivity index (χ0v) is 22.4. The molecular weight excluding hydrogens is 527 g/mol. The number of nitrogens with one attached hydrogen (secondary N) is 1. The van der Waals surface area contributed by atoms with Crippen LogP contribution in [0.3, 0.4) is 0 Å². The molecule has 0 bridgehead atoms. The molecule has 1 saturated carbocycles. The van der Waals surface area contributed by atoms with Crippen molar-refractivity contribution < 1.29 is 32.6 Å². The number of hydrogen-bond donors (Lipinski definition) is 2. The number of halogens is 3. The van der Waals surface area contributed by atoms with E-state index in [9.17, 15) is 23.2 Å². The number of carbonyl (C=O) groups is 2.